The molecule has 1 aromatic carbocycles. The normalized spacial score (nSPS) is 26.4. The summed E-state index contributed by atoms with van der Waals surface area (Å²) >= 11 is 0. The van der Waals surface area contributed by atoms with Crippen LogP contribution in [0.3, 0.4) is 0 Å². The minimum Gasteiger partial charge on any atom is -0.497 e. The highest BCUT2D eigenvalue weighted by Crippen LogP contribution is 2.39. The molecule has 4 heterocycles. The van der Waals surface area contributed by atoms with Crippen molar-refractivity contribution in [2.45, 2.75) is 18.8 Å². The molecule has 5 rings (SSSR count). The van der Waals surface area contributed by atoms with Crippen molar-refractivity contribution in [2.24, 2.45) is 5.92 Å². The van der Waals surface area contributed by atoms with Gasteiger partial charge in [-0.25, -0.2) is 4.79 Å². The van der Waals surface area contributed by atoms with Crippen molar-refractivity contribution in [1.82, 2.24) is 9.88 Å². The molecular formula is C18H20N2O3. The molecule has 5 heteroatoms. The number of rotatable bonds is 3. The van der Waals surface area contributed by atoms with E-state index in [0.717, 1.165) is 30.8 Å². The summed E-state index contributed by atoms with van der Waals surface area (Å²) in [6.07, 6.45) is 2.38. The lowest BCUT2D eigenvalue weighted by molar-refractivity contribution is 0.0697. The first-order valence-corrected chi connectivity index (χ1v) is 8.10. The third kappa shape index (κ3) is 2.45. The smallest absolute Gasteiger partial charge is 0.336 e. The summed E-state index contributed by atoms with van der Waals surface area (Å²) in [7, 11) is 1.58. The molecule has 3 fully saturated rings. The minimum atomic E-state index is -0.909. The van der Waals surface area contributed by atoms with Crippen LogP contribution >= 0.6 is 0 Å². The number of carboxylic acids is 1. The lowest BCUT2D eigenvalue weighted by Gasteiger charge is -2.44. The SMILES string of the molecule is COc1ccc2nc(C3CN4CCC3CC4)cc(C(=O)O)c2c1. The van der Waals surface area contributed by atoms with Gasteiger partial charge in [-0.1, -0.05) is 0 Å². The van der Waals surface area contributed by atoms with E-state index in [2.05, 4.69) is 4.90 Å². The molecule has 1 atom stereocenters. The van der Waals surface area contributed by atoms with E-state index in [1.165, 1.54) is 12.8 Å². The van der Waals surface area contributed by atoms with E-state index < -0.39 is 5.97 Å². The molecule has 1 aromatic heterocycles. The number of ether oxygens (including phenoxy) is 1. The quantitative estimate of drug-likeness (QED) is 0.944. The average molecular weight is 312 g/mol. The molecule has 0 spiro atoms. The standard InChI is InChI=1S/C18H20N2O3/c1-23-12-2-3-16-13(8-12)14(18(21)22)9-17(19-16)15-10-20-6-4-11(15)5-7-20/h2-3,8-9,11,15H,4-7,10H2,1H3,(H,21,22). The van der Waals surface area contributed by atoms with Crippen LogP contribution in [-0.4, -0.2) is 47.7 Å². The predicted octanol–water partition coefficient (Wildman–Crippen LogP) is 2.75. The Hall–Kier alpha value is -2.14. The topological polar surface area (TPSA) is 62.7 Å². The summed E-state index contributed by atoms with van der Waals surface area (Å²) in [6, 6.07) is 7.22. The summed E-state index contributed by atoms with van der Waals surface area (Å²) in [4.78, 5) is 19.0. The third-order valence-corrected chi connectivity index (χ3v) is 5.30. The molecular weight excluding hydrogens is 292 g/mol. The summed E-state index contributed by atoms with van der Waals surface area (Å²) in [5.41, 5.74) is 1.98. The number of methoxy groups -OCH3 is 1. The van der Waals surface area contributed by atoms with Crippen LogP contribution in [0.2, 0.25) is 0 Å². The monoisotopic (exact) mass is 312 g/mol. The number of pyridine rings is 1. The fourth-order valence-corrected chi connectivity index (χ4v) is 4.02. The number of aromatic nitrogens is 1. The van der Waals surface area contributed by atoms with Gasteiger partial charge in [0, 0.05) is 23.5 Å². The Morgan fingerprint density at radius 3 is 2.70 bits per heavy atom. The Morgan fingerprint density at radius 1 is 1.30 bits per heavy atom. The van der Waals surface area contributed by atoms with Crippen molar-refractivity contribution in [1.29, 1.82) is 0 Å². The van der Waals surface area contributed by atoms with Crippen LogP contribution in [0.1, 0.15) is 34.8 Å². The number of benzene rings is 1. The Morgan fingerprint density at radius 2 is 2.09 bits per heavy atom. The number of aromatic carboxylic acids is 1. The Balaban J connectivity index is 1.83. The average Bonchev–Trinajstić information content (AvgIpc) is 2.61. The number of fused-ring (bicyclic) bond motifs is 4. The van der Waals surface area contributed by atoms with Crippen molar-refractivity contribution in [3.63, 3.8) is 0 Å². The summed E-state index contributed by atoms with van der Waals surface area (Å²) < 4.78 is 5.22. The van der Waals surface area contributed by atoms with Gasteiger partial charge in [0.05, 0.1) is 18.2 Å². The lowest BCUT2D eigenvalue weighted by Crippen LogP contribution is -2.46. The van der Waals surface area contributed by atoms with Crippen molar-refractivity contribution in [3.8, 4) is 5.75 Å². The van der Waals surface area contributed by atoms with Gasteiger partial charge < -0.3 is 14.7 Å². The number of carboxylic acid groups (broad SMARTS) is 1. The van der Waals surface area contributed by atoms with E-state index in [9.17, 15) is 9.90 Å². The van der Waals surface area contributed by atoms with Gasteiger partial charge in [-0.15, -0.1) is 0 Å². The van der Waals surface area contributed by atoms with Gasteiger partial charge in [-0.2, -0.15) is 0 Å². The van der Waals surface area contributed by atoms with Gasteiger partial charge in [-0.05, 0) is 56.1 Å². The molecule has 2 aromatic rings. The molecule has 23 heavy (non-hydrogen) atoms. The van der Waals surface area contributed by atoms with E-state index in [1.807, 2.05) is 12.1 Å². The zero-order valence-electron chi connectivity index (χ0n) is 13.2. The Labute approximate surface area is 134 Å². The third-order valence-electron chi connectivity index (χ3n) is 5.30. The predicted molar refractivity (Wildman–Crippen MR) is 87.2 cm³/mol. The molecule has 3 aliphatic rings. The van der Waals surface area contributed by atoms with Gasteiger partial charge in [0.25, 0.3) is 0 Å². The minimum absolute atomic E-state index is 0.320. The molecule has 5 nitrogen and oxygen atoms in total. The van der Waals surface area contributed by atoms with Crippen molar-refractivity contribution < 1.29 is 14.6 Å². The number of nitrogens with zero attached hydrogens (tertiary/aromatic N) is 2. The second-order valence-corrected chi connectivity index (χ2v) is 6.53. The Bertz CT molecular complexity index is 766. The van der Waals surface area contributed by atoms with Gasteiger partial charge in [0.2, 0.25) is 0 Å². The largest absolute Gasteiger partial charge is 0.497 e. The highest BCUT2D eigenvalue weighted by atomic mass is 16.5. The van der Waals surface area contributed by atoms with Crippen molar-refractivity contribution in [2.75, 3.05) is 26.7 Å². The van der Waals surface area contributed by atoms with Crippen LogP contribution in [0.4, 0.5) is 0 Å². The summed E-state index contributed by atoms with van der Waals surface area (Å²) in [5, 5.41) is 10.3. The maximum atomic E-state index is 11.7. The molecule has 0 saturated carbocycles. The van der Waals surface area contributed by atoms with Crippen LogP contribution in [-0.2, 0) is 0 Å². The van der Waals surface area contributed by atoms with Crippen LogP contribution in [0.15, 0.2) is 24.3 Å². The Kier molecular flexibility index (Phi) is 3.45. The second kappa shape index (κ2) is 5.49. The van der Waals surface area contributed by atoms with Crippen molar-refractivity contribution >= 4 is 16.9 Å². The first-order chi connectivity index (χ1) is 11.2. The molecule has 0 aliphatic carbocycles. The zero-order chi connectivity index (χ0) is 16.0. The van der Waals surface area contributed by atoms with Gasteiger partial charge in [0.15, 0.2) is 0 Å². The molecule has 120 valence electrons. The number of piperidine rings is 3. The highest BCUT2D eigenvalue weighted by Gasteiger charge is 2.36. The maximum Gasteiger partial charge on any atom is 0.336 e. The molecule has 3 saturated heterocycles. The van der Waals surface area contributed by atoms with Gasteiger partial charge in [0.1, 0.15) is 5.75 Å². The number of hydrogen-bond donors (Lipinski definition) is 1. The van der Waals surface area contributed by atoms with E-state index in [1.54, 1.807) is 19.2 Å². The van der Waals surface area contributed by atoms with E-state index >= 15 is 0 Å². The summed E-state index contributed by atoms with van der Waals surface area (Å²) in [6.45, 7) is 3.33. The fourth-order valence-electron chi connectivity index (χ4n) is 4.02. The molecule has 0 radical (unpaired) electrons. The van der Waals surface area contributed by atoms with E-state index in [-0.39, 0.29) is 0 Å². The van der Waals surface area contributed by atoms with Crippen LogP contribution in [0, 0.1) is 5.92 Å². The van der Waals surface area contributed by atoms with Gasteiger partial charge in [-0.3, -0.25) is 4.98 Å². The highest BCUT2D eigenvalue weighted by molar-refractivity contribution is 6.03. The first kappa shape index (κ1) is 14.5. The van der Waals surface area contributed by atoms with Crippen molar-refractivity contribution in [3.05, 3.63) is 35.5 Å². The van der Waals surface area contributed by atoms with Gasteiger partial charge >= 0.3 is 5.97 Å². The fraction of sp³-hybridized carbons (Fsp3) is 0.444. The summed E-state index contributed by atoms with van der Waals surface area (Å²) in [5.74, 6) is 0.720. The maximum absolute atomic E-state index is 11.7. The molecule has 1 N–H and O–H groups in total. The molecule has 0 amide bonds. The van der Waals surface area contributed by atoms with Crippen LogP contribution in [0.25, 0.3) is 10.9 Å². The zero-order valence-corrected chi connectivity index (χ0v) is 13.2. The van der Waals surface area contributed by atoms with Crippen LogP contribution in [0.5, 0.6) is 5.75 Å². The number of carbonyl (C=O) groups is 1. The van der Waals surface area contributed by atoms with E-state index in [4.69, 9.17) is 9.72 Å². The second-order valence-electron chi connectivity index (χ2n) is 6.53. The molecule has 1 unspecified atom stereocenters. The van der Waals surface area contributed by atoms with Crippen LogP contribution < -0.4 is 4.74 Å². The first-order valence-electron chi connectivity index (χ1n) is 8.10. The molecule has 2 bridgehead atoms. The van der Waals surface area contributed by atoms with E-state index in [0.29, 0.717) is 28.5 Å². The number of hydrogen-bond acceptors (Lipinski definition) is 4. The molecule has 3 aliphatic heterocycles. The lowest BCUT2D eigenvalue weighted by atomic mass is 9.77.